The molecule has 0 atom stereocenters. The van der Waals surface area contributed by atoms with E-state index >= 15 is 0 Å². The van der Waals surface area contributed by atoms with Gasteiger partial charge in [-0.15, -0.1) is 0 Å². The molecule has 1 amide bonds. The normalized spacial score (nSPS) is 10.3. The van der Waals surface area contributed by atoms with Crippen molar-refractivity contribution >= 4 is 23.2 Å². The van der Waals surface area contributed by atoms with Crippen LogP contribution in [0.1, 0.15) is 21.5 Å². The fraction of sp³-hybridized carbons (Fsp3) is 0.188. The van der Waals surface area contributed by atoms with Crippen molar-refractivity contribution in [2.24, 2.45) is 0 Å². The first-order valence-electron chi connectivity index (χ1n) is 6.45. The Bertz CT molecular complexity index is 608. The average Bonchev–Trinajstić information content (AvgIpc) is 2.44. The molecule has 0 fully saturated rings. The molecular formula is C16H17ClN2O. The van der Waals surface area contributed by atoms with Crippen LogP contribution >= 0.6 is 11.6 Å². The maximum Gasteiger partial charge on any atom is 0.251 e. The van der Waals surface area contributed by atoms with Crippen molar-refractivity contribution in [3.63, 3.8) is 0 Å². The summed E-state index contributed by atoms with van der Waals surface area (Å²) in [6, 6.07) is 12.9. The molecule has 0 spiro atoms. The van der Waals surface area contributed by atoms with Crippen molar-refractivity contribution in [3.8, 4) is 0 Å². The fourth-order valence-corrected chi connectivity index (χ4v) is 2.02. The van der Waals surface area contributed by atoms with E-state index in [0.29, 0.717) is 17.8 Å². The molecule has 0 aliphatic heterocycles. The lowest BCUT2D eigenvalue weighted by molar-refractivity contribution is 0.0954. The first kappa shape index (κ1) is 14.4. The number of amides is 1. The van der Waals surface area contributed by atoms with Gasteiger partial charge in [0, 0.05) is 22.8 Å². The Morgan fingerprint density at radius 2 is 1.90 bits per heavy atom. The highest BCUT2D eigenvalue weighted by Gasteiger charge is 2.06. The maximum atomic E-state index is 12.0. The van der Waals surface area contributed by atoms with Crippen LogP contribution in [0.15, 0.2) is 42.5 Å². The highest BCUT2D eigenvalue weighted by atomic mass is 35.5. The van der Waals surface area contributed by atoms with Gasteiger partial charge < -0.3 is 11.1 Å². The lowest BCUT2D eigenvalue weighted by Crippen LogP contribution is -2.25. The predicted octanol–water partition coefficient (Wildman–Crippen LogP) is 3.20. The first-order chi connectivity index (χ1) is 9.56. The third-order valence-corrected chi connectivity index (χ3v) is 3.40. The van der Waals surface area contributed by atoms with Crippen LogP contribution < -0.4 is 11.1 Å². The zero-order chi connectivity index (χ0) is 14.5. The fourth-order valence-electron chi connectivity index (χ4n) is 1.89. The van der Waals surface area contributed by atoms with Gasteiger partial charge in [-0.3, -0.25) is 4.79 Å². The van der Waals surface area contributed by atoms with Crippen LogP contribution in [-0.2, 0) is 6.42 Å². The summed E-state index contributed by atoms with van der Waals surface area (Å²) in [5.74, 6) is -0.0814. The smallest absolute Gasteiger partial charge is 0.251 e. The number of benzene rings is 2. The van der Waals surface area contributed by atoms with Gasteiger partial charge in [-0.1, -0.05) is 23.7 Å². The van der Waals surface area contributed by atoms with Crippen LogP contribution in [0.4, 0.5) is 5.69 Å². The number of hydrogen-bond donors (Lipinski definition) is 2. The second-order valence-corrected chi connectivity index (χ2v) is 5.14. The van der Waals surface area contributed by atoms with E-state index in [-0.39, 0.29) is 5.91 Å². The molecule has 4 heteroatoms. The summed E-state index contributed by atoms with van der Waals surface area (Å²) < 4.78 is 0. The molecule has 0 radical (unpaired) electrons. The van der Waals surface area contributed by atoms with E-state index in [4.69, 9.17) is 17.3 Å². The van der Waals surface area contributed by atoms with Crippen LogP contribution in [0.2, 0.25) is 5.02 Å². The number of hydrogen-bond acceptors (Lipinski definition) is 2. The number of nitrogens with one attached hydrogen (secondary N) is 1. The molecule has 0 saturated carbocycles. The van der Waals surface area contributed by atoms with Crippen molar-refractivity contribution in [2.45, 2.75) is 13.3 Å². The molecule has 3 N–H and O–H groups in total. The summed E-state index contributed by atoms with van der Waals surface area (Å²) in [6.45, 7) is 2.48. The topological polar surface area (TPSA) is 55.1 Å². The van der Waals surface area contributed by atoms with Crippen molar-refractivity contribution in [1.29, 1.82) is 0 Å². The Morgan fingerprint density at radius 1 is 1.20 bits per heavy atom. The molecule has 0 unspecified atom stereocenters. The van der Waals surface area contributed by atoms with Crippen LogP contribution in [0.25, 0.3) is 0 Å². The van der Waals surface area contributed by atoms with E-state index in [1.165, 1.54) is 0 Å². The van der Waals surface area contributed by atoms with Crippen LogP contribution in [-0.4, -0.2) is 12.5 Å². The Labute approximate surface area is 123 Å². The first-order valence-corrected chi connectivity index (χ1v) is 6.83. The third-order valence-electron chi connectivity index (χ3n) is 3.14. The standard InChI is InChI=1S/C16H17ClN2O/c1-11-10-13(4-7-15(11)18)16(20)19-9-8-12-2-5-14(17)6-3-12/h2-7,10H,8-9,18H2,1H3,(H,19,20). The number of halogens is 1. The van der Waals surface area contributed by atoms with Gasteiger partial charge in [0.25, 0.3) is 5.91 Å². The second-order valence-electron chi connectivity index (χ2n) is 4.70. The number of nitrogen functional groups attached to an aromatic ring is 1. The van der Waals surface area contributed by atoms with E-state index in [1.807, 2.05) is 31.2 Å². The molecule has 0 aliphatic rings. The Kier molecular flexibility index (Phi) is 4.64. The van der Waals surface area contributed by atoms with Gasteiger partial charge in [0.15, 0.2) is 0 Å². The molecule has 104 valence electrons. The number of aryl methyl sites for hydroxylation is 1. The molecule has 2 rings (SSSR count). The Morgan fingerprint density at radius 3 is 2.55 bits per heavy atom. The predicted molar refractivity (Wildman–Crippen MR) is 83.1 cm³/mol. The third kappa shape index (κ3) is 3.75. The minimum Gasteiger partial charge on any atom is -0.399 e. The lowest BCUT2D eigenvalue weighted by atomic mass is 10.1. The summed E-state index contributed by atoms with van der Waals surface area (Å²) in [4.78, 5) is 12.0. The van der Waals surface area contributed by atoms with Gasteiger partial charge in [0.2, 0.25) is 0 Å². The average molecular weight is 289 g/mol. The van der Waals surface area contributed by atoms with E-state index < -0.39 is 0 Å². The zero-order valence-electron chi connectivity index (χ0n) is 11.3. The van der Waals surface area contributed by atoms with Crippen molar-refractivity contribution in [1.82, 2.24) is 5.32 Å². The number of rotatable bonds is 4. The minimum absolute atomic E-state index is 0.0814. The van der Waals surface area contributed by atoms with E-state index in [1.54, 1.807) is 18.2 Å². The molecule has 0 aromatic heterocycles. The summed E-state index contributed by atoms with van der Waals surface area (Å²) in [5, 5.41) is 3.61. The van der Waals surface area contributed by atoms with Crippen LogP contribution in [0.5, 0.6) is 0 Å². The summed E-state index contributed by atoms with van der Waals surface area (Å²) in [5.41, 5.74) is 9.12. The van der Waals surface area contributed by atoms with E-state index in [0.717, 1.165) is 22.6 Å². The Balaban J connectivity index is 1.88. The molecular weight excluding hydrogens is 272 g/mol. The monoisotopic (exact) mass is 288 g/mol. The molecule has 3 nitrogen and oxygen atoms in total. The van der Waals surface area contributed by atoms with E-state index in [2.05, 4.69) is 5.32 Å². The van der Waals surface area contributed by atoms with Gasteiger partial charge in [0.05, 0.1) is 0 Å². The summed E-state index contributed by atoms with van der Waals surface area (Å²) in [7, 11) is 0. The summed E-state index contributed by atoms with van der Waals surface area (Å²) in [6.07, 6.45) is 0.775. The van der Waals surface area contributed by atoms with Gasteiger partial charge in [-0.2, -0.15) is 0 Å². The molecule has 0 saturated heterocycles. The maximum absolute atomic E-state index is 12.0. The van der Waals surface area contributed by atoms with Crippen molar-refractivity contribution in [2.75, 3.05) is 12.3 Å². The zero-order valence-corrected chi connectivity index (χ0v) is 12.1. The molecule has 2 aromatic rings. The molecule has 0 heterocycles. The second kappa shape index (κ2) is 6.44. The van der Waals surface area contributed by atoms with Crippen molar-refractivity contribution < 1.29 is 4.79 Å². The number of carbonyl (C=O) groups is 1. The lowest BCUT2D eigenvalue weighted by Gasteiger charge is -2.07. The minimum atomic E-state index is -0.0814. The SMILES string of the molecule is Cc1cc(C(=O)NCCc2ccc(Cl)cc2)ccc1N. The van der Waals surface area contributed by atoms with Gasteiger partial charge in [-0.25, -0.2) is 0 Å². The highest BCUT2D eigenvalue weighted by molar-refractivity contribution is 6.30. The molecule has 0 aliphatic carbocycles. The van der Waals surface area contributed by atoms with Crippen LogP contribution in [0.3, 0.4) is 0 Å². The number of anilines is 1. The number of nitrogens with two attached hydrogens (primary N) is 1. The van der Waals surface area contributed by atoms with Gasteiger partial charge >= 0.3 is 0 Å². The highest BCUT2D eigenvalue weighted by Crippen LogP contribution is 2.13. The number of carbonyl (C=O) groups excluding carboxylic acids is 1. The van der Waals surface area contributed by atoms with Gasteiger partial charge in [0.1, 0.15) is 0 Å². The molecule has 2 aromatic carbocycles. The van der Waals surface area contributed by atoms with Crippen molar-refractivity contribution in [3.05, 3.63) is 64.2 Å². The van der Waals surface area contributed by atoms with Gasteiger partial charge in [-0.05, 0) is 54.8 Å². The molecule has 20 heavy (non-hydrogen) atoms. The Hall–Kier alpha value is -2.00. The van der Waals surface area contributed by atoms with Crippen LogP contribution in [0, 0.1) is 6.92 Å². The largest absolute Gasteiger partial charge is 0.399 e. The molecule has 0 bridgehead atoms. The summed E-state index contributed by atoms with van der Waals surface area (Å²) >= 11 is 5.82. The van der Waals surface area contributed by atoms with E-state index in [9.17, 15) is 4.79 Å². The quantitative estimate of drug-likeness (QED) is 0.849.